The van der Waals surface area contributed by atoms with Crippen molar-refractivity contribution < 1.29 is 4.74 Å². The van der Waals surface area contributed by atoms with Gasteiger partial charge in [-0.05, 0) is 23.6 Å². The Morgan fingerprint density at radius 1 is 1.35 bits per heavy atom. The van der Waals surface area contributed by atoms with E-state index in [1.165, 1.54) is 16.9 Å². The lowest BCUT2D eigenvalue weighted by atomic mass is 10.0. The molecule has 1 heterocycles. The first kappa shape index (κ1) is 11.9. The van der Waals surface area contributed by atoms with Crippen LogP contribution in [0.15, 0.2) is 24.3 Å². The van der Waals surface area contributed by atoms with Gasteiger partial charge in [-0.2, -0.15) is 0 Å². The lowest BCUT2D eigenvalue weighted by Gasteiger charge is -2.08. The molecule has 90 valence electrons. The van der Waals surface area contributed by atoms with Gasteiger partial charge < -0.3 is 10.5 Å². The van der Waals surface area contributed by atoms with Gasteiger partial charge in [-0.1, -0.05) is 37.3 Å². The van der Waals surface area contributed by atoms with Crippen LogP contribution in [0.1, 0.15) is 30.3 Å². The topological polar surface area (TPSA) is 61.0 Å². The molecule has 0 fully saturated rings. The predicted molar refractivity (Wildman–Crippen MR) is 69.2 cm³/mol. The number of aromatic nitrogens is 2. The summed E-state index contributed by atoms with van der Waals surface area (Å²) in [5.74, 6) is 1.35. The van der Waals surface area contributed by atoms with E-state index in [1.807, 2.05) is 12.1 Å². The van der Waals surface area contributed by atoms with Crippen LogP contribution in [-0.2, 0) is 6.61 Å². The maximum absolute atomic E-state index is 5.65. The monoisotopic (exact) mass is 249 g/mol. The third kappa shape index (κ3) is 3.17. The zero-order chi connectivity index (χ0) is 12.3. The van der Waals surface area contributed by atoms with Crippen LogP contribution in [0.2, 0.25) is 0 Å². The molecular weight excluding hydrogens is 234 g/mol. The second kappa shape index (κ2) is 5.14. The summed E-state index contributed by atoms with van der Waals surface area (Å²) in [6, 6.07) is 8.09. The van der Waals surface area contributed by atoms with Gasteiger partial charge in [0.15, 0.2) is 5.01 Å². The summed E-state index contributed by atoms with van der Waals surface area (Å²) in [6.45, 7) is 4.73. The van der Waals surface area contributed by atoms with Crippen molar-refractivity contribution in [3.05, 3.63) is 34.8 Å². The van der Waals surface area contributed by atoms with Crippen LogP contribution >= 0.6 is 11.3 Å². The standard InChI is InChI=1S/C12H15N3OS/c1-8(2)9-4-3-5-10(6-9)16-7-11-14-15-12(13)17-11/h3-6,8H,7H2,1-2H3,(H2,13,15). The number of hydrogen-bond donors (Lipinski definition) is 1. The van der Waals surface area contributed by atoms with Crippen LogP contribution in [0.3, 0.4) is 0 Å². The molecule has 0 bridgehead atoms. The van der Waals surface area contributed by atoms with Gasteiger partial charge in [0, 0.05) is 0 Å². The van der Waals surface area contributed by atoms with E-state index < -0.39 is 0 Å². The van der Waals surface area contributed by atoms with E-state index in [0.29, 0.717) is 17.7 Å². The highest BCUT2D eigenvalue weighted by molar-refractivity contribution is 7.15. The fraction of sp³-hybridized carbons (Fsp3) is 0.333. The molecule has 2 N–H and O–H groups in total. The zero-order valence-corrected chi connectivity index (χ0v) is 10.7. The molecule has 0 amide bonds. The van der Waals surface area contributed by atoms with Crippen molar-refractivity contribution in [2.45, 2.75) is 26.4 Å². The third-order valence-electron chi connectivity index (χ3n) is 2.37. The molecule has 0 saturated heterocycles. The fourth-order valence-electron chi connectivity index (χ4n) is 1.43. The summed E-state index contributed by atoms with van der Waals surface area (Å²) in [4.78, 5) is 0. The summed E-state index contributed by atoms with van der Waals surface area (Å²) in [7, 11) is 0. The van der Waals surface area contributed by atoms with Gasteiger partial charge in [0.2, 0.25) is 5.13 Å². The predicted octanol–water partition coefficient (Wildman–Crippen LogP) is 2.82. The fourth-order valence-corrected chi connectivity index (χ4v) is 1.96. The number of benzene rings is 1. The second-order valence-corrected chi connectivity index (χ2v) is 5.14. The summed E-state index contributed by atoms with van der Waals surface area (Å²) in [5, 5.41) is 8.91. The lowest BCUT2D eigenvalue weighted by Crippen LogP contribution is -1.96. The van der Waals surface area contributed by atoms with Crippen molar-refractivity contribution in [1.82, 2.24) is 10.2 Å². The third-order valence-corrected chi connectivity index (χ3v) is 3.10. The highest BCUT2D eigenvalue weighted by Gasteiger charge is 2.04. The molecule has 0 atom stereocenters. The van der Waals surface area contributed by atoms with Gasteiger partial charge in [0.1, 0.15) is 12.4 Å². The SMILES string of the molecule is CC(C)c1cccc(OCc2nnc(N)s2)c1. The second-order valence-electron chi connectivity index (χ2n) is 4.05. The molecule has 1 aromatic carbocycles. The van der Waals surface area contributed by atoms with Gasteiger partial charge in [-0.3, -0.25) is 0 Å². The first-order chi connectivity index (χ1) is 8.15. The van der Waals surface area contributed by atoms with Gasteiger partial charge in [0.25, 0.3) is 0 Å². The Hall–Kier alpha value is -1.62. The van der Waals surface area contributed by atoms with Crippen LogP contribution in [0.4, 0.5) is 5.13 Å². The molecule has 0 aliphatic heterocycles. The molecule has 0 unspecified atom stereocenters. The number of nitrogens with two attached hydrogens (primary N) is 1. The van der Waals surface area contributed by atoms with Crippen molar-refractivity contribution in [1.29, 1.82) is 0 Å². The minimum atomic E-state index is 0.413. The highest BCUT2D eigenvalue weighted by Crippen LogP contribution is 2.21. The molecule has 17 heavy (non-hydrogen) atoms. The Balaban J connectivity index is 2.01. The van der Waals surface area contributed by atoms with Gasteiger partial charge in [-0.25, -0.2) is 0 Å². The lowest BCUT2D eigenvalue weighted by molar-refractivity contribution is 0.304. The van der Waals surface area contributed by atoms with E-state index in [-0.39, 0.29) is 0 Å². The van der Waals surface area contributed by atoms with Gasteiger partial charge >= 0.3 is 0 Å². The van der Waals surface area contributed by atoms with Crippen LogP contribution in [-0.4, -0.2) is 10.2 Å². The minimum absolute atomic E-state index is 0.413. The number of anilines is 1. The Morgan fingerprint density at radius 2 is 2.18 bits per heavy atom. The van der Waals surface area contributed by atoms with Crippen LogP contribution in [0.25, 0.3) is 0 Å². The number of nitrogen functional groups attached to an aromatic ring is 1. The maximum Gasteiger partial charge on any atom is 0.203 e. The van der Waals surface area contributed by atoms with Crippen molar-refractivity contribution in [2.24, 2.45) is 0 Å². The summed E-state index contributed by atoms with van der Waals surface area (Å²) in [6.07, 6.45) is 0. The molecule has 2 aromatic rings. The minimum Gasteiger partial charge on any atom is -0.486 e. The molecule has 0 aliphatic rings. The smallest absolute Gasteiger partial charge is 0.203 e. The largest absolute Gasteiger partial charge is 0.486 e. The highest BCUT2D eigenvalue weighted by atomic mass is 32.1. The quantitative estimate of drug-likeness (QED) is 0.905. The van der Waals surface area contributed by atoms with Gasteiger partial charge in [0.05, 0.1) is 0 Å². The Bertz CT molecular complexity index is 496. The molecular formula is C12H15N3OS. The molecule has 0 aliphatic carbocycles. The average Bonchev–Trinajstić information content (AvgIpc) is 2.73. The van der Waals surface area contributed by atoms with E-state index in [4.69, 9.17) is 10.5 Å². The number of ether oxygens (including phenoxy) is 1. The molecule has 0 saturated carbocycles. The number of hydrogen-bond acceptors (Lipinski definition) is 5. The van der Waals surface area contributed by atoms with Crippen molar-refractivity contribution in [3.8, 4) is 5.75 Å². The first-order valence-electron chi connectivity index (χ1n) is 5.46. The van der Waals surface area contributed by atoms with Crippen molar-refractivity contribution >= 4 is 16.5 Å². The van der Waals surface area contributed by atoms with Crippen LogP contribution in [0.5, 0.6) is 5.75 Å². The number of nitrogens with zero attached hydrogens (tertiary/aromatic N) is 2. The van der Waals surface area contributed by atoms with Crippen molar-refractivity contribution in [3.63, 3.8) is 0 Å². The van der Waals surface area contributed by atoms with E-state index >= 15 is 0 Å². The molecule has 0 spiro atoms. The Morgan fingerprint density at radius 3 is 2.82 bits per heavy atom. The van der Waals surface area contributed by atoms with E-state index in [1.54, 1.807) is 0 Å². The Kier molecular flexibility index (Phi) is 3.58. The molecule has 4 nitrogen and oxygen atoms in total. The molecule has 1 aromatic heterocycles. The molecule has 5 heteroatoms. The van der Waals surface area contributed by atoms with Gasteiger partial charge in [-0.15, -0.1) is 10.2 Å². The molecule has 2 rings (SSSR count). The van der Waals surface area contributed by atoms with E-state index in [2.05, 4.69) is 36.2 Å². The average molecular weight is 249 g/mol. The van der Waals surface area contributed by atoms with E-state index in [0.717, 1.165) is 10.8 Å². The molecule has 0 radical (unpaired) electrons. The van der Waals surface area contributed by atoms with Crippen LogP contribution in [0, 0.1) is 0 Å². The van der Waals surface area contributed by atoms with E-state index in [9.17, 15) is 0 Å². The first-order valence-corrected chi connectivity index (χ1v) is 6.27. The Labute approximate surface area is 104 Å². The zero-order valence-electron chi connectivity index (χ0n) is 9.88. The number of rotatable bonds is 4. The summed E-state index contributed by atoms with van der Waals surface area (Å²) >= 11 is 1.35. The summed E-state index contributed by atoms with van der Waals surface area (Å²) < 4.78 is 5.65. The normalized spacial score (nSPS) is 10.8. The maximum atomic E-state index is 5.65. The summed E-state index contributed by atoms with van der Waals surface area (Å²) in [5.41, 5.74) is 6.76. The van der Waals surface area contributed by atoms with Crippen molar-refractivity contribution in [2.75, 3.05) is 5.73 Å². The van der Waals surface area contributed by atoms with Crippen LogP contribution < -0.4 is 10.5 Å².